The molecule has 0 bridgehead atoms. The van der Waals surface area contributed by atoms with Gasteiger partial charge in [-0.05, 0) is 107 Å². The summed E-state index contributed by atoms with van der Waals surface area (Å²) in [5.74, 6) is 2.25. The zero-order valence-electron chi connectivity index (χ0n) is 43.7. The van der Waals surface area contributed by atoms with Crippen LogP contribution in [-0.4, -0.2) is 136 Å². The van der Waals surface area contributed by atoms with E-state index in [0.717, 1.165) is 129 Å². The second kappa shape index (κ2) is 21.9. The summed E-state index contributed by atoms with van der Waals surface area (Å²) in [5, 5.41) is 42.2. The van der Waals surface area contributed by atoms with Gasteiger partial charge in [-0.1, -0.05) is 55.4 Å². The Hall–Kier alpha value is -7.03. The van der Waals surface area contributed by atoms with Crippen LogP contribution in [0, 0.1) is 18.8 Å². The van der Waals surface area contributed by atoms with Crippen LogP contribution in [0.5, 0.6) is 5.75 Å². The molecule has 1 unspecified atom stereocenters. The van der Waals surface area contributed by atoms with Crippen molar-refractivity contribution in [3.05, 3.63) is 101 Å². The molecule has 2 aromatic carbocycles. The number of phenolic OH excluding ortho intramolecular Hbond substituents is 1. The number of anilines is 3. The normalized spacial score (nSPS) is 20.2. The Bertz CT molecular complexity index is 3140. The van der Waals surface area contributed by atoms with Crippen LogP contribution in [0.3, 0.4) is 0 Å². The number of likely N-dealkylation sites (tertiary alicyclic amines) is 2. The van der Waals surface area contributed by atoms with Crippen molar-refractivity contribution in [3.63, 3.8) is 0 Å². The molecular weight excluding hydrogens is 981 g/mol. The topological polar surface area (TPSA) is 234 Å². The first-order valence-corrected chi connectivity index (χ1v) is 27.8. The number of para-hydroxylation sites is 1. The lowest BCUT2D eigenvalue weighted by Crippen LogP contribution is -2.48. The number of β-amino-alcohol motifs (C(OH)–C–C–N with tert-alkyl or cyclic N) is 1. The van der Waals surface area contributed by atoms with E-state index in [-0.39, 0.29) is 48.5 Å². The first-order valence-electron chi connectivity index (χ1n) is 26.9. The van der Waals surface area contributed by atoms with Crippen molar-refractivity contribution in [1.29, 1.82) is 0 Å². The van der Waals surface area contributed by atoms with E-state index < -0.39 is 18.1 Å². The molecule has 4 fully saturated rings. The number of hydrogen-bond donors (Lipinski definition) is 4. The van der Waals surface area contributed by atoms with Crippen LogP contribution in [-0.2, 0) is 9.59 Å². The van der Waals surface area contributed by atoms with Crippen molar-refractivity contribution >= 4 is 51.6 Å². The van der Waals surface area contributed by atoms with Crippen LogP contribution in [0.15, 0.2) is 83.1 Å². The van der Waals surface area contributed by atoms with E-state index in [4.69, 9.17) is 20.2 Å². The molecule has 7 aromatic rings. The predicted octanol–water partition coefficient (Wildman–Crippen LogP) is 7.51. The summed E-state index contributed by atoms with van der Waals surface area (Å²) in [6.07, 6.45) is 9.19. The molecule has 4 aliphatic rings. The molecule has 5 N–H and O–H groups in total. The number of piperidine rings is 3. The SMILES string of the molecule is Cc1ncsc1-c1ccc([C@H](C)NC(=O)[C@@H]2C[C@@H](O)CN2C(=O)C(c2cc(N3CCC(CN4CCC(c5cnc(N6CCC(n7nc(N)c8nnc(-c9ccccc9O)cc87)CC6)cn5)CC4)CC3)no2)C(C)C)cc1. The number of aryl methyl sites for hydroxylation is 1. The number of thiazole rings is 1. The first-order chi connectivity index (χ1) is 36.8. The smallest absolute Gasteiger partial charge is 0.243 e. The third-order valence-electron chi connectivity index (χ3n) is 16.3. The molecule has 9 heterocycles. The minimum Gasteiger partial charge on any atom is -0.507 e. The minimum absolute atomic E-state index is 0.0825. The van der Waals surface area contributed by atoms with Crippen molar-refractivity contribution < 1.29 is 24.3 Å². The van der Waals surface area contributed by atoms with Crippen LogP contribution in [0.4, 0.5) is 17.5 Å². The fourth-order valence-corrected chi connectivity index (χ4v) is 12.7. The van der Waals surface area contributed by atoms with E-state index in [1.54, 1.807) is 23.5 Å². The molecule has 0 spiro atoms. The summed E-state index contributed by atoms with van der Waals surface area (Å²) in [7, 11) is 0. The Labute approximate surface area is 446 Å². The molecule has 4 atom stereocenters. The number of nitrogens with two attached hydrogens (primary N) is 1. The summed E-state index contributed by atoms with van der Waals surface area (Å²) >= 11 is 1.60. The van der Waals surface area contributed by atoms with Gasteiger partial charge in [0, 0.05) is 63.2 Å². The van der Waals surface area contributed by atoms with Gasteiger partial charge in [0.25, 0.3) is 0 Å². The van der Waals surface area contributed by atoms with Gasteiger partial charge in [0.2, 0.25) is 11.8 Å². The highest BCUT2D eigenvalue weighted by atomic mass is 32.1. The molecule has 4 aliphatic heterocycles. The summed E-state index contributed by atoms with van der Waals surface area (Å²) in [6.45, 7) is 14.4. The number of carbonyl (C=O) groups is 2. The number of carbonyl (C=O) groups excluding carboxylic acids is 2. The summed E-state index contributed by atoms with van der Waals surface area (Å²) < 4.78 is 7.93. The van der Waals surface area contributed by atoms with Gasteiger partial charge in [-0.25, -0.2) is 9.97 Å². The maximum Gasteiger partial charge on any atom is 0.243 e. The standard InChI is InChI=1S/C56H68N14O5S/c1-33(2)51(56(74)69-31-41(71)25-46(69)55(73)61-34(3)37-9-11-39(12-10-37)53-35(4)60-32-76-53)48-27-49(65-75-48)67-21-13-36(14-22-67)30-66-19-15-38(16-20-66)44-28-59-50(29-58-44)68-23-17-40(18-24-68)70-45-26-43(42-7-5-6-8-47(42)72)62-63-52(45)54(57)64-70/h5-12,26-29,32-34,36,38,40-41,46,51,71-72H,13-25,30-31H2,1-4H3,(H2,57,64)(H,61,73)/t34-,41+,46-,51?/m0/s1. The van der Waals surface area contributed by atoms with Crippen LogP contribution in [0.2, 0.25) is 0 Å². The fraction of sp³-hybridized carbons (Fsp3) is 0.482. The number of benzene rings is 2. The lowest BCUT2D eigenvalue weighted by Gasteiger charge is -2.37. The number of nitrogens with zero attached hydrogens (tertiary/aromatic N) is 12. The number of aromatic hydroxyl groups is 1. The maximum atomic E-state index is 14.4. The molecule has 398 valence electrons. The van der Waals surface area contributed by atoms with Crippen molar-refractivity contribution in [3.8, 4) is 27.4 Å². The van der Waals surface area contributed by atoms with Crippen LogP contribution >= 0.6 is 11.3 Å². The molecule has 5 aromatic heterocycles. The van der Waals surface area contributed by atoms with E-state index in [9.17, 15) is 19.8 Å². The molecular formula is C56H68N14O5S. The maximum absolute atomic E-state index is 14.4. The van der Waals surface area contributed by atoms with Gasteiger partial charge in [0.1, 0.15) is 23.5 Å². The van der Waals surface area contributed by atoms with Crippen molar-refractivity contribution in [2.75, 3.05) is 67.9 Å². The number of aliphatic hydroxyl groups is 1. The quantitative estimate of drug-likeness (QED) is 0.0825. The van der Waals surface area contributed by atoms with Crippen LogP contribution in [0.1, 0.15) is 112 Å². The van der Waals surface area contributed by atoms with E-state index in [0.29, 0.717) is 40.2 Å². The molecule has 19 nitrogen and oxygen atoms in total. The fourth-order valence-electron chi connectivity index (χ4n) is 11.9. The number of aromatic nitrogens is 8. The molecule has 11 rings (SSSR count). The van der Waals surface area contributed by atoms with Gasteiger partial charge in [-0.3, -0.25) is 19.3 Å². The number of rotatable bonds is 14. The molecule has 20 heteroatoms. The number of fused-ring (bicyclic) bond motifs is 1. The minimum atomic E-state index is -0.804. The highest BCUT2D eigenvalue weighted by molar-refractivity contribution is 7.13. The first kappa shape index (κ1) is 51.1. The molecule has 2 amide bonds. The molecule has 76 heavy (non-hydrogen) atoms. The van der Waals surface area contributed by atoms with Crippen molar-refractivity contribution in [2.45, 2.75) is 109 Å². The van der Waals surface area contributed by atoms with Gasteiger partial charge in [-0.15, -0.1) is 21.5 Å². The van der Waals surface area contributed by atoms with Crippen molar-refractivity contribution in [2.24, 2.45) is 11.8 Å². The number of amides is 2. The van der Waals surface area contributed by atoms with E-state index in [1.165, 1.54) is 4.90 Å². The summed E-state index contributed by atoms with van der Waals surface area (Å²) in [4.78, 5) is 52.3. The Kier molecular flexibility index (Phi) is 14.7. The van der Waals surface area contributed by atoms with Crippen LogP contribution in [0.25, 0.3) is 32.7 Å². The number of hydrogen-bond acceptors (Lipinski definition) is 17. The zero-order chi connectivity index (χ0) is 52.6. The van der Waals surface area contributed by atoms with Crippen molar-refractivity contribution in [1.82, 2.24) is 55.2 Å². The average Bonchev–Trinajstić information content (AvgIpc) is 4.27. The Morgan fingerprint density at radius 1 is 0.868 bits per heavy atom. The Morgan fingerprint density at radius 2 is 1.61 bits per heavy atom. The molecule has 0 radical (unpaired) electrons. The molecule has 0 saturated carbocycles. The zero-order valence-corrected chi connectivity index (χ0v) is 44.5. The largest absolute Gasteiger partial charge is 0.507 e. The number of phenols is 1. The van der Waals surface area contributed by atoms with Gasteiger partial charge in [-0.2, -0.15) is 5.10 Å². The Balaban J connectivity index is 0.631. The number of aliphatic hydroxyl groups excluding tert-OH is 1. The van der Waals surface area contributed by atoms with Gasteiger partial charge < -0.3 is 45.4 Å². The highest BCUT2D eigenvalue weighted by Gasteiger charge is 2.44. The lowest BCUT2D eigenvalue weighted by molar-refractivity contribution is -0.141. The van der Waals surface area contributed by atoms with E-state index in [2.05, 4.69) is 45.5 Å². The third-order valence-corrected chi connectivity index (χ3v) is 17.3. The van der Waals surface area contributed by atoms with Gasteiger partial charge in [0.15, 0.2) is 22.9 Å². The summed E-state index contributed by atoms with van der Waals surface area (Å²) in [6, 6.07) is 18.1. The van der Waals surface area contributed by atoms with E-state index in [1.807, 2.05) is 98.8 Å². The highest BCUT2D eigenvalue weighted by Crippen LogP contribution is 2.37. The van der Waals surface area contributed by atoms with Crippen LogP contribution < -0.4 is 20.9 Å². The second-order valence-electron chi connectivity index (χ2n) is 21.7. The predicted molar refractivity (Wildman–Crippen MR) is 292 cm³/mol. The second-order valence-corrected chi connectivity index (χ2v) is 22.5. The summed E-state index contributed by atoms with van der Waals surface area (Å²) in [5.41, 5.74) is 14.8. The average molecular weight is 1050 g/mol. The lowest BCUT2D eigenvalue weighted by atomic mass is 9.90. The number of nitrogens with one attached hydrogen (secondary N) is 1. The van der Waals surface area contributed by atoms with E-state index >= 15 is 0 Å². The third kappa shape index (κ3) is 10.6. The Morgan fingerprint density at radius 3 is 2.30 bits per heavy atom. The molecule has 4 saturated heterocycles. The van der Waals surface area contributed by atoms with Gasteiger partial charge in [0.05, 0.1) is 63.6 Å². The molecule has 0 aliphatic carbocycles. The monoisotopic (exact) mass is 1050 g/mol. The van der Waals surface area contributed by atoms with Gasteiger partial charge >= 0.3 is 0 Å². The number of nitrogen functional groups attached to an aromatic ring is 1.